The average Bonchev–Trinajstić information content (AvgIpc) is 2.83. The highest BCUT2D eigenvalue weighted by Gasteiger charge is 2.17. The minimum atomic E-state index is -0.524. The Balaban J connectivity index is 1.62. The predicted molar refractivity (Wildman–Crippen MR) is 119 cm³/mol. The maximum atomic E-state index is 13.0. The van der Waals surface area contributed by atoms with E-state index in [1.807, 2.05) is 0 Å². The van der Waals surface area contributed by atoms with Crippen LogP contribution in [-0.4, -0.2) is 27.6 Å². The molecule has 0 bridgehead atoms. The quantitative estimate of drug-likeness (QED) is 0.180. The zero-order chi connectivity index (χ0) is 23.8. The van der Waals surface area contributed by atoms with Crippen molar-refractivity contribution >= 4 is 23.5 Å². The molecule has 1 atom stereocenters. The molecule has 0 aliphatic heterocycles. The van der Waals surface area contributed by atoms with Crippen LogP contribution in [0.1, 0.15) is 40.0 Å². The number of amidine groups is 1. The second-order valence-electron chi connectivity index (χ2n) is 7.02. The van der Waals surface area contributed by atoms with E-state index in [1.165, 1.54) is 24.5 Å². The number of hydrogen-bond acceptors (Lipinski definition) is 6. The summed E-state index contributed by atoms with van der Waals surface area (Å²) in [6.45, 7) is 1.92. The SMILES string of the molecule is C[C@H](C(=O)Nc1cc(C(=O)NCc2ccc(F)cc2)ncn1)c1ccc(C(N)=NN=N)cc1. The van der Waals surface area contributed by atoms with E-state index in [-0.39, 0.29) is 35.6 Å². The largest absolute Gasteiger partial charge is 0.382 e. The predicted octanol–water partition coefficient (Wildman–Crippen LogP) is 2.94. The molecule has 0 spiro atoms. The molecule has 2 aromatic carbocycles. The topological polar surface area (TPSA) is 159 Å². The minimum Gasteiger partial charge on any atom is -0.382 e. The Morgan fingerprint density at radius 3 is 2.48 bits per heavy atom. The van der Waals surface area contributed by atoms with Gasteiger partial charge in [-0.1, -0.05) is 41.6 Å². The molecular weight excluding hydrogens is 427 g/mol. The first-order chi connectivity index (χ1) is 15.9. The Morgan fingerprint density at radius 2 is 1.82 bits per heavy atom. The van der Waals surface area contributed by atoms with E-state index in [0.717, 1.165) is 11.1 Å². The molecule has 0 fully saturated rings. The second-order valence-corrected chi connectivity index (χ2v) is 7.02. The molecule has 10 nitrogen and oxygen atoms in total. The number of carbonyl (C=O) groups is 2. The number of carbonyl (C=O) groups excluding carboxylic acids is 2. The van der Waals surface area contributed by atoms with E-state index in [2.05, 4.69) is 30.9 Å². The average molecular weight is 448 g/mol. The van der Waals surface area contributed by atoms with Crippen molar-refractivity contribution in [3.8, 4) is 0 Å². The van der Waals surface area contributed by atoms with Crippen LogP contribution in [0.25, 0.3) is 0 Å². The Morgan fingerprint density at radius 1 is 1.12 bits per heavy atom. The Bertz CT molecular complexity index is 1180. The lowest BCUT2D eigenvalue weighted by Crippen LogP contribution is -2.25. The zero-order valence-corrected chi connectivity index (χ0v) is 17.6. The van der Waals surface area contributed by atoms with E-state index in [0.29, 0.717) is 5.56 Å². The smallest absolute Gasteiger partial charge is 0.270 e. The van der Waals surface area contributed by atoms with Gasteiger partial charge in [-0.2, -0.15) is 5.53 Å². The molecule has 0 aliphatic rings. The summed E-state index contributed by atoms with van der Waals surface area (Å²) in [5, 5.41) is 11.7. The number of nitrogens with two attached hydrogens (primary N) is 1. The summed E-state index contributed by atoms with van der Waals surface area (Å²) in [5.41, 5.74) is 14.5. The summed E-state index contributed by atoms with van der Waals surface area (Å²) >= 11 is 0. The van der Waals surface area contributed by atoms with Crippen LogP contribution < -0.4 is 16.4 Å². The van der Waals surface area contributed by atoms with Crippen LogP contribution in [-0.2, 0) is 11.3 Å². The van der Waals surface area contributed by atoms with Gasteiger partial charge in [0, 0.05) is 18.2 Å². The number of anilines is 1. The molecular formula is C22H21FN8O2. The normalized spacial score (nSPS) is 12.0. The fourth-order valence-electron chi connectivity index (χ4n) is 2.87. The number of nitrogens with zero attached hydrogens (tertiary/aromatic N) is 4. The van der Waals surface area contributed by atoms with Gasteiger partial charge >= 0.3 is 0 Å². The first kappa shape index (κ1) is 23.1. The number of benzene rings is 2. The number of halogens is 1. The van der Waals surface area contributed by atoms with Gasteiger partial charge in [0.2, 0.25) is 5.91 Å². The van der Waals surface area contributed by atoms with Crippen molar-refractivity contribution in [2.24, 2.45) is 16.1 Å². The summed E-state index contributed by atoms with van der Waals surface area (Å²) in [6.07, 6.45) is 1.18. The van der Waals surface area contributed by atoms with Gasteiger partial charge in [0.05, 0.1) is 5.92 Å². The van der Waals surface area contributed by atoms with Crippen LogP contribution in [0.15, 0.2) is 71.2 Å². The molecule has 0 unspecified atom stereocenters. The third-order valence-corrected chi connectivity index (χ3v) is 4.77. The molecule has 11 heteroatoms. The number of aromatic nitrogens is 2. The third-order valence-electron chi connectivity index (χ3n) is 4.77. The van der Waals surface area contributed by atoms with Crippen LogP contribution in [0.2, 0.25) is 0 Å². The van der Waals surface area contributed by atoms with Crippen LogP contribution in [0, 0.1) is 11.3 Å². The van der Waals surface area contributed by atoms with E-state index < -0.39 is 11.8 Å². The minimum absolute atomic E-state index is 0.0778. The summed E-state index contributed by atoms with van der Waals surface area (Å²) < 4.78 is 13.0. The number of hydrogen-bond donors (Lipinski definition) is 4. The molecule has 3 aromatic rings. The van der Waals surface area contributed by atoms with Gasteiger partial charge in [-0.3, -0.25) is 9.59 Å². The first-order valence-corrected chi connectivity index (χ1v) is 9.83. The van der Waals surface area contributed by atoms with Crippen LogP contribution in [0.4, 0.5) is 10.2 Å². The van der Waals surface area contributed by atoms with E-state index >= 15 is 0 Å². The number of nitrogens with one attached hydrogen (secondary N) is 3. The van der Waals surface area contributed by atoms with Crippen molar-refractivity contribution in [2.75, 3.05) is 5.32 Å². The van der Waals surface area contributed by atoms with Crippen molar-refractivity contribution in [3.63, 3.8) is 0 Å². The highest BCUT2D eigenvalue weighted by molar-refractivity contribution is 5.98. The molecule has 0 radical (unpaired) electrons. The second kappa shape index (κ2) is 10.7. The lowest BCUT2D eigenvalue weighted by Gasteiger charge is -2.13. The molecule has 1 heterocycles. The standard InChI is InChI=1S/C22H21FN8O2/c1-13(15-4-6-16(7-5-15)20(24)30-31-25)21(32)29-19-10-18(27-12-28-19)22(33)26-11-14-2-8-17(23)9-3-14/h2-10,12-13H,11H2,1H3,(H,26,33)(H3,24,25,30)(H,27,28,29,32)/t13-/m0/s1. The summed E-state index contributed by atoms with van der Waals surface area (Å²) in [6, 6.07) is 13.9. The van der Waals surface area contributed by atoms with Crippen molar-refractivity contribution in [1.82, 2.24) is 15.3 Å². The van der Waals surface area contributed by atoms with Crippen molar-refractivity contribution in [1.29, 1.82) is 5.53 Å². The van der Waals surface area contributed by atoms with Crippen LogP contribution in [0.3, 0.4) is 0 Å². The van der Waals surface area contributed by atoms with E-state index in [1.54, 1.807) is 43.3 Å². The summed E-state index contributed by atoms with van der Waals surface area (Å²) in [5.74, 6) is -1.39. The molecule has 0 saturated heterocycles. The monoisotopic (exact) mass is 448 g/mol. The maximum Gasteiger partial charge on any atom is 0.270 e. The van der Waals surface area contributed by atoms with Gasteiger partial charge in [0.1, 0.15) is 23.7 Å². The molecule has 2 amide bonds. The van der Waals surface area contributed by atoms with Crippen molar-refractivity contribution in [3.05, 3.63) is 89.1 Å². The van der Waals surface area contributed by atoms with Gasteiger partial charge in [-0.05, 0) is 30.2 Å². The Labute approximate surface area is 188 Å². The van der Waals surface area contributed by atoms with Gasteiger partial charge in [0.15, 0.2) is 5.84 Å². The lowest BCUT2D eigenvalue weighted by atomic mass is 9.99. The fraction of sp³-hybridized carbons (Fsp3) is 0.136. The van der Waals surface area contributed by atoms with E-state index in [9.17, 15) is 14.0 Å². The maximum absolute atomic E-state index is 13.0. The summed E-state index contributed by atoms with van der Waals surface area (Å²) in [7, 11) is 0. The molecule has 0 aliphatic carbocycles. The molecule has 5 N–H and O–H groups in total. The lowest BCUT2D eigenvalue weighted by molar-refractivity contribution is -0.117. The molecule has 168 valence electrons. The van der Waals surface area contributed by atoms with Gasteiger partial charge < -0.3 is 16.4 Å². The molecule has 0 saturated carbocycles. The van der Waals surface area contributed by atoms with Gasteiger partial charge in [-0.15, -0.1) is 5.10 Å². The zero-order valence-electron chi connectivity index (χ0n) is 17.6. The van der Waals surface area contributed by atoms with Crippen molar-refractivity contribution < 1.29 is 14.0 Å². The molecule has 33 heavy (non-hydrogen) atoms. The van der Waals surface area contributed by atoms with Crippen LogP contribution >= 0.6 is 0 Å². The Hall–Kier alpha value is -4.54. The summed E-state index contributed by atoms with van der Waals surface area (Å²) in [4.78, 5) is 33.0. The molecule has 1 aromatic heterocycles. The van der Waals surface area contributed by atoms with Crippen molar-refractivity contribution in [2.45, 2.75) is 19.4 Å². The van der Waals surface area contributed by atoms with Gasteiger partial charge in [0.25, 0.3) is 5.91 Å². The fourth-order valence-corrected chi connectivity index (χ4v) is 2.87. The number of rotatable bonds is 8. The highest BCUT2D eigenvalue weighted by atomic mass is 19.1. The third kappa shape index (κ3) is 6.23. The Kier molecular flexibility index (Phi) is 7.47. The number of amides is 2. The molecule has 3 rings (SSSR count). The van der Waals surface area contributed by atoms with E-state index in [4.69, 9.17) is 11.3 Å². The van der Waals surface area contributed by atoms with Gasteiger partial charge in [-0.25, -0.2) is 14.4 Å². The van der Waals surface area contributed by atoms with Crippen LogP contribution in [0.5, 0.6) is 0 Å². The first-order valence-electron chi connectivity index (χ1n) is 9.83. The highest BCUT2D eigenvalue weighted by Crippen LogP contribution is 2.18.